The van der Waals surface area contributed by atoms with Crippen LogP contribution in [0.25, 0.3) is 0 Å². The zero-order valence-electron chi connectivity index (χ0n) is 19.7. The average molecular weight is 459 g/mol. The lowest BCUT2D eigenvalue weighted by Gasteiger charge is -2.34. The molecule has 1 N–H and O–H groups in total. The molecule has 0 amide bonds. The van der Waals surface area contributed by atoms with Crippen LogP contribution in [0.3, 0.4) is 0 Å². The lowest BCUT2D eigenvalue weighted by atomic mass is 10.0. The van der Waals surface area contributed by atoms with Gasteiger partial charge in [0.15, 0.2) is 11.5 Å². The van der Waals surface area contributed by atoms with E-state index in [0.29, 0.717) is 30.4 Å². The Balaban J connectivity index is 1.67. The molecule has 0 aliphatic carbocycles. The van der Waals surface area contributed by atoms with E-state index < -0.39 is 5.97 Å². The summed E-state index contributed by atoms with van der Waals surface area (Å²) in [5, 5.41) is 8.87. The van der Waals surface area contributed by atoms with Crippen LogP contribution in [-0.4, -0.2) is 88.1 Å². The largest absolute Gasteiger partial charge is 0.493 e. The molecule has 0 spiro atoms. The first-order valence-electron chi connectivity index (χ1n) is 11.2. The van der Waals surface area contributed by atoms with Crippen molar-refractivity contribution in [3.8, 4) is 17.2 Å². The van der Waals surface area contributed by atoms with E-state index in [2.05, 4.69) is 21.9 Å². The Morgan fingerprint density at radius 1 is 0.879 bits per heavy atom. The Labute approximate surface area is 195 Å². The molecule has 0 saturated carbocycles. The van der Waals surface area contributed by atoms with Crippen molar-refractivity contribution in [3.63, 3.8) is 0 Å². The summed E-state index contributed by atoms with van der Waals surface area (Å²) in [6.07, 6.45) is -0.0897. The number of rotatable bonds is 12. The quantitative estimate of drug-likeness (QED) is 0.520. The van der Waals surface area contributed by atoms with Gasteiger partial charge < -0.3 is 29.0 Å². The molecule has 180 valence electrons. The topological polar surface area (TPSA) is 80.7 Å². The molecule has 1 unspecified atom stereocenters. The van der Waals surface area contributed by atoms with Crippen LogP contribution in [-0.2, 0) is 9.53 Å². The number of piperazine rings is 1. The number of carbonyl (C=O) groups is 1. The first-order chi connectivity index (χ1) is 16.0. The predicted molar refractivity (Wildman–Crippen MR) is 125 cm³/mol. The molecule has 1 saturated heterocycles. The van der Waals surface area contributed by atoms with E-state index in [4.69, 9.17) is 24.1 Å². The fourth-order valence-electron chi connectivity index (χ4n) is 4.06. The normalized spacial score (nSPS) is 15.7. The van der Waals surface area contributed by atoms with Gasteiger partial charge in [0.25, 0.3) is 0 Å². The van der Waals surface area contributed by atoms with E-state index in [1.165, 1.54) is 0 Å². The second-order valence-corrected chi connectivity index (χ2v) is 7.95. The molecule has 0 aromatic heterocycles. The maximum Gasteiger partial charge on any atom is 0.304 e. The van der Waals surface area contributed by atoms with E-state index in [1.807, 2.05) is 30.3 Å². The number of hydrogen-bond acceptors (Lipinski definition) is 7. The van der Waals surface area contributed by atoms with Crippen molar-refractivity contribution in [2.24, 2.45) is 0 Å². The Hall–Kier alpha value is -2.81. The van der Waals surface area contributed by atoms with E-state index in [0.717, 1.165) is 43.9 Å². The van der Waals surface area contributed by atoms with Crippen LogP contribution in [0.1, 0.15) is 23.7 Å². The summed E-state index contributed by atoms with van der Waals surface area (Å²) in [6.45, 7) is 5.54. The summed E-state index contributed by atoms with van der Waals surface area (Å²) in [7, 11) is 4.80. The zero-order valence-corrected chi connectivity index (χ0v) is 19.7. The van der Waals surface area contributed by atoms with Gasteiger partial charge in [0.1, 0.15) is 6.10 Å². The molecule has 2 aromatic rings. The molecule has 1 atom stereocenters. The fraction of sp³-hybridized carbons (Fsp3) is 0.480. The number of nitrogens with zero attached hydrogens (tertiary/aromatic N) is 2. The predicted octanol–water partition coefficient (Wildman–Crippen LogP) is 2.91. The summed E-state index contributed by atoms with van der Waals surface area (Å²) >= 11 is 0. The molecule has 1 heterocycles. The molecule has 3 rings (SSSR count). The summed E-state index contributed by atoms with van der Waals surface area (Å²) < 4.78 is 23.0. The van der Waals surface area contributed by atoms with Gasteiger partial charge in [0.2, 0.25) is 5.75 Å². The van der Waals surface area contributed by atoms with Crippen molar-refractivity contribution in [1.29, 1.82) is 0 Å². The molecular weight excluding hydrogens is 424 g/mol. The first-order valence-corrected chi connectivity index (χ1v) is 11.2. The van der Waals surface area contributed by atoms with Gasteiger partial charge in [0, 0.05) is 39.3 Å². The summed E-state index contributed by atoms with van der Waals surface area (Å²) in [4.78, 5) is 15.3. The highest BCUT2D eigenvalue weighted by Crippen LogP contribution is 2.41. The third-order valence-electron chi connectivity index (χ3n) is 5.89. The summed E-state index contributed by atoms with van der Waals surface area (Å²) in [6, 6.07) is 13.9. The molecule has 1 aliphatic heterocycles. The molecular formula is C25H34N2O6. The third kappa shape index (κ3) is 6.83. The van der Waals surface area contributed by atoms with E-state index in [9.17, 15) is 4.79 Å². The molecule has 8 nitrogen and oxygen atoms in total. The van der Waals surface area contributed by atoms with Gasteiger partial charge in [0.05, 0.1) is 34.4 Å². The first kappa shape index (κ1) is 24.8. The molecule has 0 bridgehead atoms. The summed E-state index contributed by atoms with van der Waals surface area (Å²) in [5.74, 6) is 0.989. The van der Waals surface area contributed by atoms with Gasteiger partial charge in [-0.15, -0.1) is 0 Å². The minimum absolute atomic E-state index is 0.191. The van der Waals surface area contributed by atoms with Gasteiger partial charge >= 0.3 is 5.97 Å². The number of hydrogen-bond donors (Lipinski definition) is 1. The zero-order chi connectivity index (χ0) is 23.6. The van der Waals surface area contributed by atoms with Crippen LogP contribution in [0, 0.1) is 0 Å². The van der Waals surface area contributed by atoms with E-state index in [1.54, 1.807) is 21.3 Å². The smallest absolute Gasteiger partial charge is 0.304 e. The van der Waals surface area contributed by atoms with Crippen LogP contribution >= 0.6 is 0 Å². The number of carboxylic acid groups (broad SMARTS) is 1. The highest BCUT2D eigenvalue weighted by Gasteiger charge is 2.22. The molecule has 0 radical (unpaired) electrons. The Bertz CT molecular complexity index is 859. The molecule has 2 aromatic carbocycles. The summed E-state index contributed by atoms with van der Waals surface area (Å²) in [5.41, 5.74) is 1.97. The third-order valence-corrected chi connectivity index (χ3v) is 5.89. The SMILES string of the molecule is COc1cc(C(OCCN2CCN(CCC(=O)O)CC2)c2ccccc2)cc(OC)c1OC. The van der Waals surface area contributed by atoms with Crippen molar-refractivity contribution in [2.75, 3.05) is 67.2 Å². The number of ether oxygens (including phenoxy) is 4. The van der Waals surface area contributed by atoms with Crippen LogP contribution in [0.4, 0.5) is 0 Å². The Morgan fingerprint density at radius 3 is 1.97 bits per heavy atom. The standard InChI is InChI=1S/C25H34N2O6/c1-30-21-17-20(18-22(31-2)25(21)32-3)24(19-7-5-4-6-8-19)33-16-15-27-13-11-26(12-14-27)10-9-23(28)29/h4-8,17-18,24H,9-16H2,1-3H3,(H,28,29). The van der Waals surface area contributed by atoms with Crippen molar-refractivity contribution in [2.45, 2.75) is 12.5 Å². The van der Waals surface area contributed by atoms with Crippen molar-refractivity contribution >= 4 is 5.97 Å². The monoisotopic (exact) mass is 458 g/mol. The molecule has 8 heteroatoms. The lowest BCUT2D eigenvalue weighted by molar-refractivity contribution is -0.137. The van der Waals surface area contributed by atoms with Gasteiger partial charge in [-0.05, 0) is 23.3 Å². The van der Waals surface area contributed by atoms with Gasteiger partial charge in [-0.1, -0.05) is 30.3 Å². The fourth-order valence-corrected chi connectivity index (χ4v) is 4.06. The Kier molecular flexibility index (Phi) is 9.35. The number of carboxylic acids is 1. The minimum Gasteiger partial charge on any atom is -0.493 e. The van der Waals surface area contributed by atoms with Gasteiger partial charge in [-0.3, -0.25) is 9.69 Å². The second kappa shape index (κ2) is 12.4. The molecule has 1 fully saturated rings. The van der Waals surface area contributed by atoms with E-state index >= 15 is 0 Å². The van der Waals surface area contributed by atoms with E-state index in [-0.39, 0.29) is 12.5 Å². The van der Waals surface area contributed by atoms with Gasteiger partial charge in [-0.2, -0.15) is 0 Å². The number of methoxy groups -OCH3 is 3. The molecule has 1 aliphatic rings. The second-order valence-electron chi connectivity index (χ2n) is 7.95. The minimum atomic E-state index is -0.746. The number of aliphatic carboxylic acids is 1. The van der Waals surface area contributed by atoms with Crippen LogP contribution in [0.15, 0.2) is 42.5 Å². The maximum atomic E-state index is 10.8. The highest BCUT2D eigenvalue weighted by atomic mass is 16.5. The van der Waals surface area contributed by atoms with Crippen molar-refractivity contribution < 1.29 is 28.8 Å². The Morgan fingerprint density at radius 2 is 1.45 bits per heavy atom. The van der Waals surface area contributed by atoms with Gasteiger partial charge in [-0.25, -0.2) is 0 Å². The highest BCUT2D eigenvalue weighted by molar-refractivity contribution is 5.66. The average Bonchev–Trinajstić information content (AvgIpc) is 2.85. The van der Waals surface area contributed by atoms with Crippen LogP contribution in [0.5, 0.6) is 17.2 Å². The van der Waals surface area contributed by atoms with Crippen LogP contribution < -0.4 is 14.2 Å². The van der Waals surface area contributed by atoms with Crippen molar-refractivity contribution in [3.05, 3.63) is 53.6 Å². The van der Waals surface area contributed by atoms with Crippen LogP contribution in [0.2, 0.25) is 0 Å². The molecule has 33 heavy (non-hydrogen) atoms. The maximum absolute atomic E-state index is 10.8. The lowest BCUT2D eigenvalue weighted by Crippen LogP contribution is -2.47. The number of benzene rings is 2. The van der Waals surface area contributed by atoms with Crippen molar-refractivity contribution in [1.82, 2.24) is 9.80 Å².